The molecule has 0 bridgehead atoms. The van der Waals surface area contributed by atoms with Gasteiger partial charge in [0.2, 0.25) is 0 Å². The SMILES string of the molecule is NNC(Cc1cccc(Cl)c1F)c1cc(Br)cs1. The fraction of sp³-hybridized carbons (Fsp3) is 0.167. The molecule has 0 spiro atoms. The molecule has 18 heavy (non-hydrogen) atoms. The van der Waals surface area contributed by atoms with Crippen LogP contribution in [0, 0.1) is 5.82 Å². The fourth-order valence-corrected chi connectivity index (χ4v) is 3.38. The second-order valence-electron chi connectivity index (χ2n) is 3.80. The van der Waals surface area contributed by atoms with Gasteiger partial charge in [0.05, 0.1) is 11.1 Å². The van der Waals surface area contributed by atoms with Gasteiger partial charge in [-0.3, -0.25) is 11.3 Å². The lowest BCUT2D eigenvalue weighted by molar-refractivity contribution is 0.535. The topological polar surface area (TPSA) is 38.0 Å². The van der Waals surface area contributed by atoms with Crippen LogP contribution in [0.4, 0.5) is 4.39 Å². The van der Waals surface area contributed by atoms with Gasteiger partial charge in [0.1, 0.15) is 5.82 Å². The largest absolute Gasteiger partial charge is 0.271 e. The monoisotopic (exact) mass is 348 g/mol. The van der Waals surface area contributed by atoms with E-state index in [1.807, 2.05) is 11.4 Å². The Kier molecular flexibility index (Phi) is 4.75. The second kappa shape index (κ2) is 6.12. The van der Waals surface area contributed by atoms with Crippen molar-refractivity contribution in [3.63, 3.8) is 0 Å². The molecule has 0 aliphatic heterocycles. The maximum absolute atomic E-state index is 13.8. The van der Waals surface area contributed by atoms with E-state index in [1.165, 1.54) is 6.07 Å². The number of halogens is 3. The van der Waals surface area contributed by atoms with Crippen molar-refractivity contribution in [2.24, 2.45) is 5.84 Å². The average Bonchev–Trinajstić information content (AvgIpc) is 2.78. The van der Waals surface area contributed by atoms with Crippen molar-refractivity contribution < 1.29 is 4.39 Å². The third kappa shape index (κ3) is 3.10. The summed E-state index contributed by atoms with van der Waals surface area (Å²) in [5, 5.41) is 2.10. The van der Waals surface area contributed by atoms with E-state index >= 15 is 0 Å². The molecule has 1 atom stereocenters. The quantitative estimate of drug-likeness (QED) is 0.645. The number of rotatable bonds is 4. The lowest BCUT2D eigenvalue weighted by Gasteiger charge is -2.15. The van der Waals surface area contributed by atoms with Crippen LogP contribution in [0.1, 0.15) is 16.5 Å². The third-order valence-corrected chi connectivity index (χ3v) is 4.69. The lowest BCUT2D eigenvalue weighted by atomic mass is 10.0. The van der Waals surface area contributed by atoms with Crippen molar-refractivity contribution >= 4 is 38.9 Å². The molecule has 0 amide bonds. The highest BCUT2D eigenvalue weighted by Gasteiger charge is 2.16. The molecular formula is C12H11BrClFN2S. The Hall–Kier alpha value is -0.460. The highest BCUT2D eigenvalue weighted by Crippen LogP contribution is 2.29. The van der Waals surface area contributed by atoms with E-state index in [4.69, 9.17) is 17.4 Å². The van der Waals surface area contributed by atoms with Crippen molar-refractivity contribution in [1.29, 1.82) is 0 Å². The first-order valence-electron chi connectivity index (χ1n) is 5.24. The third-order valence-electron chi connectivity index (χ3n) is 2.59. The van der Waals surface area contributed by atoms with E-state index in [-0.39, 0.29) is 16.9 Å². The number of nitrogens with one attached hydrogen (secondary N) is 1. The minimum atomic E-state index is -0.380. The first-order chi connectivity index (χ1) is 8.61. The van der Waals surface area contributed by atoms with Gasteiger partial charge < -0.3 is 0 Å². The minimum absolute atomic E-state index is 0.130. The summed E-state index contributed by atoms with van der Waals surface area (Å²) in [6.45, 7) is 0. The Bertz CT molecular complexity index is 547. The van der Waals surface area contributed by atoms with Crippen LogP contribution in [-0.2, 0) is 6.42 Å². The summed E-state index contributed by atoms with van der Waals surface area (Å²) in [7, 11) is 0. The Morgan fingerprint density at radius 2 is 2.28 bits per heavy atom. The van der Waals surface area contributed by atoms with Gasteiger partial charge in [0.15, 0.2) is 0 Å². The van der Waals surface area contributed by atoms with E-state index in [1.54, 1.807) is 23.5 Å². The molecule has 2 aromatic rings. The van der Waals surface area contributed by atoms with Crippen molar-refractivity contribution in [2.45, 2.75) is 12.5 Å². The first-order valence-corrected chi connectivity index (χ1v) is 7.30. The van der Waals surface area contributed by atoms with Crippen LogP contribution < -0.4 is 11.3 Å². The molecule has 0 saturated heterocycles. The minimum Gasteiger partial charge on any atom is -0.271 e. The van der Waals surface area contributed by atoms with Gasteiger partial charge in [0, 0.05) is 14.7 Å². The maximum Gasteiger partial charge on any atom is 0.145 e. The molecule has 0 fully saturated rings. The van der Waals surface area contributed by atoms with E-state index < -0.39 is 0 Å². The normalized spacial score (nSPS) is 12.7. The summed E-state index contributed by atoms with van der Waals surface area (Å²) in [5.41, 5.74) is 3.26. The van der Waals surface area contributed by atoms with E-state index in [0.29, 0.717) is 12.0 Å². The molecule has 0 saturated carbocycles. The van der Waals surface area contributed by atoms with Gasteiger partial charge in [-0.15, -0.1) is 11.3 Å². The smallest absolute Gasteiger partial charge is 0.145 e. The number of nitrogens with two attached hydrogens (primary N) is 1. The summed E-state index contributed by atoms with van der Waals surface area (Å²) in [6, 6.07) is 6.83. The molecule has 3 N–H and O–H groups in total. The first kappa shape index (κ1) is 14.0. The summed E-state index contributed by atoms with van der Waals surface area (Å²) in [6.07, 6.45) is 0.454. The molecule has 1 heterocycles. The highest BCUT2D eigenvalue weighted by atomic mass is 79.9. The molecule has 0 aliphatic rings. The van der Waals surface area contributed by atoms with Crippen LogP contribution in [0.3, 0.4) is 0 Å². The number of thiophene rings is 1. The van der Waals surface area contributed by atoms with Gasteiger partial charge in [-0.1, -0.05) is 23.7 Å². The van der Waals surface area contributed by atoms with Gasteiger partial charge in [-0.05, 0) is 40.0 Å². The van der Waals surface area contributed by atoms with E-state index in [9.17, 15) is 4.39 Å². The standard InChI is InChI=1S/C12H11BrClFN2S/c13-8-5-11(18-6-8)10(17-16)4-7-2-1-3-9(14)12(7)15/h1-3,5-6,10,17H,4,16H2. The van der Waals surface area contributed by atoms with Crippen LogP contribution in [0.25, 0.3) is 0 Å². The number of hydrogen-bond donors (Lipinski definition) is 2. The van der Waals surface area contributed by atoms with Crippen molar-refractivity contribution in [2.75, 3.05) is 0 Å². The van der Waals surface area contributed by atoms with Gasteiger partial charge in [0.25, 0.3) is 0 Å². The second-order valence-corrected chi connectivity index (χ2v) is 6.07. The summed E-state index contributed by atoms with van der Waals surface area (Å²) in [4.78, 5) is 1.05. The number of benzene rings is 1. The Morgan fingerprint density at radius 1 is 1.50 bits per heavy atom. The Labute approximate surface area is 122 Å². The molecule has 2 nitrogen and oxygen atoms in total. The molecular weight excluding hydrogens is 339 g/mol. The predicted octanol–water partition coefficient (Wildman–Crippen LogP) is 4.05. The van der Waals surface area contributed by atoms with Gasteiger partial charge in [-0.2, -0.15) is 0 Å². The zero-order valence-electron chi connectivity index (χ0n) is 9.29. The van der Waals surface area contributed by atoms with Crippen LogP contribution >= 0.6 is 38.9 Å². The van der Waals surface area contributed by atoms with Crippen molar-refractivity contribution in [3.05, 3.63) is 55.4 Å². The summed E-state index contributed by atoms with van der Waals surface area (Å²) < 4.78 is 14.8. The van der Waals surface area contributed by atoms with Crippen LogP contribution in [-0.4, -0.2) is 0 Å². The van der Waals surface area contributed by atoms with Gasteiger partial charge in [-0.25, -0.2) is 4.39 Å². The molecule has 6 heteroatoms. The predicted molar refractivity (Wildman–Crippen MR) is 77.2 cm³/mol. The fourth-order valence-electron chi connectivity index (χ4n) is 1.68. The van der Waals surface area contributed by atoms with Gasteiger partial charge >= 0.3 is 0 Å². The maximum atomic E-state index is 13.8. The lowest BCUT2D eigenvalue weighted by Crippen LogP contribution is -2.29. The molecule has 1 unspecified atom stereocenters. The van der Waals surface area contributed by atoms with Crippen molar-refractivity contribution in [1.82, 2.24) is 5.43 Å². The zero-order valence-corrected chi connectivity index (χ0v) is 12.4. The summed E-state index contributed by atoms with van der Waals surface area (Å²) in [5.74, 6) is 5.16. The number of hydrogen-bond acceptors (Lipinski definition) is 3. The molecule has 0 aliphatic carbocycles. The molecule has 1 aromatic carbocycles. The van der Waals surface area contributed by atoms with Crippen LogP contribution in [0.15, 0.2) is 34.1 Å². The van der Waals surface area contributed by atoms with E-state index in [2.05, 4.69) is 21.4 Å². The highest BCUT2D eigenvalue weighted by molar-refractivity contribution is 9.10. The summed E-state index contributed by atoms with van der Waals surface area (Å²) >= 11 is 10.7. The zero-order chi connectivity index (χ0) is 13.1. The number of hydrazine groups is 1. The van der Waals surface area contributed by atoms with E-state index in [0.717, 1.165) is 9.35 Å². The van der Waals surface area contributed by atoms with Crippen LogP contribution in [0.2, 0.25) is 5.02 Å². The Morgan fingerprint density at radius 3 is 2.89 bits per heavy atom. The average molecular weight is 350 g/mol. The molecule has 2 rings (SSSR count). The molecule has 0 radical (unpaired) electrons. The molecule has 1 aromatic heterocycles. The molecule has 96 valence electrons. The van der Waals surface area contributed by atoms with Crippen molar-refractivity contribution in [3.8, 4) is 0 Å². The van der Waals surface area contributed by atoms with Crippen LogP contribution in [0.5, 0.6) is 0 Å². The Balaban J connectivity index is 2.23.